The molecule has 0 aromatic heterocycles. The van der Waals surface area contributed by atoms with Crippen LogP contribution in [0.4, 0.5) is 4.79 Å². The predicted molar refractivity (Wildman–Crippen MR) is 48.1 cm³/mol. The summed E-state index contributed by atoms with van der Waals surface area (Å²) in [6.45, 7) is 8.74. The summed E-state index contributed by atoms with van der Waals surface area (Å²) in [6.07, 6.45) is 2.25. The number of hydrogen-bond donors (Lipinski definition) is 1. The molecule has 1 amide bonds. The van der Waals surface area contributed by atoms with E-state index in [2.05, 4.69) is 17.1 Å². The van der Waals surface area contributed by atoms with Crippen molar-refractivity contribution in [3.63, 3.8) is 0 Å². The zero-order chi connectivity index (χ0) is 9.61. The largest absolute Gasteiger partial charge is 0.443 e. The third-order valence-electron chi connectivity index (χ3n) is 0.735. The van der Waals surface area contributed by atoms with Crippen LogP contribution < -0.4 is 5.43 Å². The number of hydrazone groups is 1. The molecule has 0 aromatic rings. The van der Waals surface area contributed by atoms with Gasteiger partial charge in [-0.15, -0.1) is 0 Å². The van der Waals surface area contributed by atoms with Gasteiger partial charge in [0.1, 0.15) is 5.60 Å². The molecule has 4 nitrogen and oxygen atoms in total. The maximum atomic E-state index is 10.9. The minimum atomic E-state index is -0.569. The zero-order valence-electron chi connectivity index (χ0n) is 7.63. The van der Waals surface area contributed by atoms with E-state index in [0.29, 0.717) is 0 Å². The summed E-state index contributed by atoms with van der Waals surface area (Å²) in [7, 11) is 0. The van der Waals surface area contributed by atoms with Gasteiger partial charge in [-0.3, -0.25) is 0 Å². The van der Waals surface area contributed by atoms with E-state index in [0.717, 1.165) is 0 Å². The maximum Gasteiger partial charge on any atom is 0.428 e. The van der Waals surface area contributed by atoms with Crippen molar-refractivity contribution in [3.8, 4) is 0 Å². The molecule has 0 radical (unpaired) electrons. The van der Waals surface area contributed by atoms with E-state index in [-0.39, 0.29) is 0 Å². The summed E-state index contributed by atoms with van der Waals surface area (Å²) in [6, 6.07) is 0. The average Bonchev–Trinajstić information content (AvgIpc) is 1.84. The van der Waals surface area contributed by atoms with Gasteiger partial charge in [-0.1, -0.05) is 6.58 Å². The molecular weight excluding hydrogens is 156 g/mol. The lowest BCUT2D eigenvalue weighted by Crippen LogP contribution is -2.29. The Morgan fingerprint density at radius 2 is 2.17 bits per heavy atom. The standard InChI is InChI=1S/C8H14N2O2/c1-5-6-9-10-7(11)12-8(2,3)4/h5-6H,1H2,2-4H3,(H,10,11)/b9-6-. The molecule has 1 N–H and O–H groups in total. The average molecular weight is 170 g/mol. The second kappa shape index (κ2) is 4.54. The van der Waals surface area contributed by atoms with Gasteiger partial charge in [0.2, 0.25) is 0 Å². The van der Waals surface area contributed by atoms with E-state index in [1.807, 2.05) is 0 Å². The topological polar surface area (TPSA) is 50.7 Å². The highest BCUT2D eigenvalue weighted by Gasteiger charge is 2.14. The molecule has 0 rings (SSSR count). The van der Waals surface area contributed by atoms with Gasteiger partial charge in [0.05, 0.1) is 0 Å². The Kier molecular flexibility index (Phi) is 4.04. The number of amides is 1. The first-order chi connectivity index (χ1) is 5.45. The van der Waals surface area contributed by atoms with Crippen LogP contribution in [0.1, 0.15) is 20.8 Å². The van der Waals surface area contributed by atoms with Gasteiger partial charge in [0.15, 0.2) is 0 Å². The van der Waals surface area contributed by atoms with Crippen molar-refractivity contribution in [2.24, 2.45) is 5.10 Å². The molecule has 12 heavy (non-hydrogen) atoms. The highest BCUT2D eigenvalue weighted by atomic mass is 16.6. The molecule has 0 aromatic carbocycles. The van der Waals surface area contributed by atoms with Crippen LogP contribution in [0.2, 0.25) is 0 Å². The molecule has 0 spiro atoms. The molecule has 0 aliphatic heterocycles. The van der Waals surface area contributed by atoms with E-state index in [4.69, 9.17) is 4.74 Å². The summed E-state index contributed by atoms with van der Waals surface area (Å²) in [5.74, 6) is 0. The summed E-state index contributed by atoms with van der Waals surface area (Å²) in [4.78, 5) is 10.9. The fraction of sp³-hybridized carbons (Fsp3) is 0.500. The summed E-state index contributed by atoms with van der Waals surface area (Å²) in [5, 5.41) is 3.51. The molecular formula is C8H14N2O2. The van der Waals surface area contributed by atoms with E-state index < -0.39 is 11.7 Å². The molecule has 68 valence electrons. The Balaban J connectivity index is 3.75. The Morgan fingerprint density at radius 3 is 2.58 bits per heavy atom. The van der Waals surface area contributed by atoms with E-state index in [1.54, 1.807) is 20.8 Å². The third kappa shape index (κ3) is 6.80. The van der Waals surface area contributed by atoms with Gasteiger partial charge >= 0.3 is 6.09 Å². The number of carbonyl (C=O) groups excluding carboxylic acids is 1. The summed E-state index contributed by atoms with van der Waals surface area (Å²) >= 11 is 0. The molecule has 0 bridgehead atoms. The number of rotatable bonds is 2. The zero-order valence-corrected chi connectivity index (χ0v) is 7.63. The summed E-state index contributed by atoms with van der Waals surface area (Å²) < 4.78 is 4.89. The van der Waals surface area contributed by atoms with Crippen LogP contribution in [0.5, 0.6) is 0 Å². The Bertz CT molecular complexity index is 192. The molecule has 0 saturated carbocycles. The summed E-state index contributed by atoms with van der Waals surface area (Å²) in [5.41, 5.74) is 1.68. The normalized spacial score (nSPS) is 11.2. The second-order valence-electron chi connectivity index (χ2n) is 3.13. The van der Waals surface area contributed by atoms with Crippen molar-refractivity contribution in [1.29, 1.82) is 0 Å². The number of nitrogens with zero attached hydrogens (tertiary/aromatic N) is 1. The lowest BCUT2D eigenvalue weighted by molar-refractivity contribution is 0.0529. The van der Waals surface area contributed by atoms with Crippen LogP contribution in [-0.2, 0) is 4.74 Å². The van der Waals surface area contributed by atoms with E-state index >= 15 is 0 Å². The van der Waals surface area contributed by atoms with Crippen LogP contribution in [0.3, 0.4) is 0 Å². The van der Waals surface area contributed by atoms with Gasteiger partial charge in [-0.2, -0.15) is 5.10 Å². The van der Waals surface area contributed by atoms with Crippen molar-refractivity contribution in [1.82, 2.24) is 5.43 Å². The molecule has 0 unspecified atom stereocenters. The Hall–Kier alpha value is -1.32. The number of allylic oxidation sites excluding steroid dienone is 1. The molecule has 0 aliphatic rings. The van der Waals surface area contributed by atoms with Crippen molar-refractivity contribution in [3.05, 3.63) is 12.7 Å². The first-order valence-electron chi connectivity index (χ1n) is 3.59. The first-order valence-corrected chi connectivity index (χ1v) is 3.59. The van der Waals surface area contributed by atoms with Crippen LogP contribution in [0.15, 0.2) is 17.8 Å². The van der Waals surface area contributed by atoms with Crippen LogP contribution in [-0.4, -0.2) is 17.9 Å². The van der Waals surface area contributed by atoms with Crippen molar-refractivity contribution in [2.75, 3.05) is 0 Å². The number of nitrogens with one attached hydrogen (secondary N) is 1. The first kappa shape index (κ1) is 10.7. The molecule has 0 heterocycles. The Labute approximate surface area is 72.3 Å². The highest BCUT2D eigenvalue weighted by molar-refractivity contribution is 5.73. The third-order valence-corrected chi connectivity index (χ3v) is 0.735. The lowest BCUT2D eigenvalue weighted by atomic mass is 10.2. The molecule has 0 saturated heterocycles. The Morgan fingerprint density at radius 1 is 1.58 bits per heavy atom. The number of hydrogen-bond acceptors (Lipinski definition) is 3. The molecule has 0 aliphatic carbocycles. The molecule has 4 heteroatoms. The maximum absolute atomic E-state index is 10.9. The monoisotopic (exact) mass is 170 g/mol. The van der Waals surface area contributed by atoms with Crippen LogP contribution in [0, 0.1) is 0 Å². The number of ether oxygens (including phenoxy) is 1. The second-order valence-corrected chi connectivity index (χ2v) is 3.13. The quantitative estimate of drug-likeness (QED) is 0.506. The van der Waals surface area contributed by atoms with E-state index in [1.165, 1.54) is 12.3 Å². The van der Waals surface area contributed by atoms with Gasteiger partial charge < -0.3 is 4.74 Å². The van der Waals surface area contributed by atoms with Gasteiger partial charge in [0.25, 0.3) is 0 Å². The van der Waals surface area contributed by atoms with Gasteiger partial charge in [-0.05, 0) is 26.8 Å². The van der Waals surface area contributed by atoms with Crippen molar-refractivity contribution >= 4 is 12.3 Å². The van der Waals surface area contributed by atoms with Gasteiger partial charge in [0, 0.05) is 6.21 Å². The minimum Gasteiger partial charge on any atom is -0.443 e. The van der Waals surface area contributed by atoms with Crippen LogP contribution in [0.25, 0.3) is 0 Å². The number of carbonyl (C=O) groups is 1. The fourth-order valence-electron chi connectivity index (χ4n) is 0.444. The molecule has 0 atom stereocenters. The van der Waals surface area contributed by atoms with E-state index in [9.17, 15) is 4.79 Å². The molecule has 0 fully saturated rings. The highest BCUT2D eigenvalue weighted by Crippen LogP contribution is 2.05. The lowest BCUT2D eigenvalue weighted by Gasteiger charge is -2.18. The van der Waals surface area contributed by atoms with Gasteiger partial charge in [-0.25, -0.2) is 10.2 Å². The van der Waals surface area contributed by atoms with Crippen molar-refractivity contribution < 1.29 is 9.53 Å². The van der Waals surface area contributed by atoms with Crippen LogP contribution >= 0.6 is 0 Å². The smallest absolute Gasteiger partial charge is 0.428 e. The predicted octanol–water partition coefficient (Wildman–Crippen LogP) is 1.68. The van der Waals surface area contributed by atoms with Crippen molar-refractivity contribution in [2.45, 2.75) is 26.4 Å². The fourth-order valence-corrected chi connectivity index (χ4v) is 0.444. The SMILES string of the molecule is C=C/C=N\NC(=O)OC(C)(C)C. The minimum absolute atomic E-state index is 0.492.